The number of thiazole rings is 1. The lowest BCUT2D eigenvalue weighted by Crippen LogP contribution is -2.14. The van der Waals surface area contributed by atoms with Gasteiger partial charge in [0.15, 0.2) is 5.13 Å². The van der Waals surface area contributed by atoms with Gasteiger partial charge in [-0.2, -0.15) is 0 Å². The molecule has 0 saturated carbocycles. The molecular formula is C20H22BrClN2OS. The van der Waals surface area contributed by atoms with Crippen molar-refractivity contribution in [3.05, 3.63) is 69.7 Å². The molecule has 0 unspecified atom stereocenters. The maximum atomic E-state index is 9.63. The number of nitrogens with one attached hydrogen (secondary N) is 1. The first-order chi connectivity index (χ1) is 11.8. The maximum Gasteiger partial charge on any atom is 0.187 e. The Hall–Kier alpha value is -1.56. The largest absolute Gasteiger partial charge is 0.508 e. The molecule has 3 aromatic rings. The van der Waals surface area contributed by atoms with Gasteiger partial charge in [0.1, 0.15) is 5.75 Å². The molecule has 1 heterocycles. The van der Waals surface area contributed by atoms with Crippen molar-refractivity contribution >= 4 is 50.7 Å². The summed E-state index contributed by atoms with van der Waals surface area (Å²) in [5, 5.41) is 14.5. The maximum absolute atomic E-state index is 9.63. The molecule has 0 radical (unpaired) electrons. The number of aromatic hydroxyl groups is 1. The first-order valence-corrected chi connectivity index (χ1v) is 9.31. The standard InChI is InChI=1S/C20H21ClN2OS.BrH/c1-20(2,3)18-17(11-13-7-9-14(21)10-8-13)25-19(23-18)22-15-5-4-6-16(24)12-15;/h4-10,12,24H,11H2,1-3H3,(H,22,23);1H. The molecule has 0 spiro atoms. The van der Waals surface area contributed by atoms with E-state index in [2.05, 4.69) is 38.2 Å². The third-order valence-electron chi connectivity index (χ3n) is 3.78. The van der Waals surface area contributed by atoms with Crippen molar-refractivity contribution in [2.75, 3.05) is 5.32 Å². The van der Waals surface area contributed by atoms with Crippen LogP contribution in [0.5, 0.6) is 5.75 Å². The predicted octanol–water partition coefficient (Wildman–Crippen LogP) is 6.71. The van der Waals surface area contributed by atoms with Crippen molar-refractivity contribution in [1.82, 2.24) is 4.98 Å². The Labute approximate surface area is 173 Å². The van der Waals surface area contributed by atoms with Crippen LogP contribution >= 0.6 is 39.9 Å². The van der Waals surface area contributed by atoms with Crippen LogP contribution in [0.25, 0.3) is 0 Å². The van der Waals surface area contributed by atoms with E-state index in [1.54, 1.807) is 23.5 Å². The summed E-state index contributed by atoms with van der Waals surface area (Å²) in [7, 11) is 0. The summed E-state index contributed by atoms with van der Waals surface area (Å²) in [5.74, 6) is 0.235. The van der Waals surface area contributed by atoms with E-state index in [0.717, 1.165) is 28.0 Å². The highest BCUT2D eigenvalue weighted by molar-refractivity contribution is 8.93. The zero-order valence-electron chi connectivity index (χ0n) is 14.9. The first-order valence-electron chi connectivity index (χ1n) is 8.12. The molecule has 0 aliphatic rings. The lowest BCUT2D eigenvalue weighted by atomic mass is 9.90. The predicted molar refractivity (Wildman–Crippen MR) is 117 cm³/mol. The summed E-state index contributed by atoms with van der Waals surface area (Å²) in [5.41, 5.74) is 3.08. The Morgan fingerprint density at radius 2 is 1.81 bits per heavy atom. The van der Waals surface area contributed by atoms with Crippen LogP contribution in [0.4, 0.5) is 10.8 Å². The second-order valence-corrected chi connectivity index (χ2v) is 8.54. The minimum Gasteiger partial charge on any atom is -0.508 e. The molecule has 3 nitrogen and oxygen atoms in total. The number of aromatic nitrogens is 1. The number of benzene rings is 2. The van der Waals surface area contributed by atoms with Crippen molar-refractivity contribution in [3.8, 4) is 5.75 Å². The Bertz CT molecular complexity index is 872. The van der Waals surface area contributed by atoms with Crippen LogP contribution in [0.3, 0.4) is 0 Å². The van der Waals surface area contributed by atoms with Crippen molar-refractivity contribution in [3.63, 3.8) is 0 Å². The summed E-state index contributed by atoms with van der Waals surface area (Å²) in [4.78, 5) is 6.05. The molecule has 2 aromatic carbocycles. The number of anilines is 2. The van der Waals surface area contributed by atoms with E-state index in [4.69, 9.17) is 16.6 Å². The van der Waals surface area contributed by atoms with Crippen LogP contribution in [-0.4, -0.2) is 10.1 Å². The van der Waals surface area contributed by atoms with E-state index < -0.39 is 0 Å². The molecule has 2 N–H and O–H groups in total. The zero-order valence-corrected chi connectivity index (χ0v) is 18.2. The van der Waals surface area contributed by atoms with Crippen LogP contribution in [0.1, 0.15) is 36.9 Å². The molecule has 0 bridgehead atoms. The third kappa shape index (κ3) is 5.22. The fourth-order valence-corrected chi connectivity index (χ4v) is 3.96. The molecule has 0 fully saturated rings. The lowest BCUT2D eigenvalue weighted by molar-refractivity contribution is 0.475. The van der Waals surface area contributed by atoms with Crippen LogP contribution < -0.4 is 5.32 Å². The number of phenols is 1. The number of phenolic OH excluding ortho intramolecular Hbond substituents is 1. The van der Waals surface area contributed by atoms with Gasteiger partial charge in [-0.05, 0) is 29.8 Å². The molecule has 1 aromatic heterocycles. The SMILES string of the molecule is Br.CC(C)(C)c1nc(Nc2cccc(O)c2)sc1Cc1ccc(Cl)cc1. The first kappa shape index (κ1) is 20.7. The van der Waals surface area contributed by atoms with Gasteiger partial charge >= 0.3 is 0 Å². The molecule has 26 heavy (non-hydrogen) atoms. The van der Waals surface area contributed by atoms with Gasteiger partial charge in [-0.1, -0.05) is 50.6 Å². The van der Waals surface area contributed by atoms with Gasteiger partial charge in [0.25, 0.3) is 0 Å². The van der Waals surface area contributed by atoms with Crippen molar-refractivity contribution in [2.45, 2.75) is 32.6 Å². The number of rotatable bonds is 4. The fraction of sp³-hybridized carbons (Fsp3) is 0.250. The van der Waals surface area contributed by atoms with Gasteiger partial charge in [-0.3, -0.25) is 0 Å². The van der Waals surface area contributed by atoms with E-state index in [1.165, 1.54) is 10.4 Å². The van der Waals surface area contributed by atoms with Gasteiger partial charge in [0.05, 0.1) is 5.69 Å². The minimum atomic E-state index is -0.0446. The normalized spacial score (nSPS) is 11.1. The number of nitrogens with zero attached hydrogens (tertiary/aromatic N) is 1. The van der Waals surface area contributed by atoms with E-state index in [9.17, 15) is 5.11 Å². The Morgan fingerprint density at radius 1 is 1.12 bits per heavy atom. The number of halogens is 2. The third-order valence-corrected chi connectivity index (χ3v) is 5.01. The average Bonchev–Trinajstić information content (AvgIpc) is 2.92. The summed E-state index contributed by atoms with van der Waals surface area (Å²) in [6.45, 7) is 6.52. The van der Waals surface area contributed by atoms with E-state index in [0.29, 0.717) is 0 Å². The van der Waals surface area contributed by atoms with E-state index in [-0.39, 0.29) is 28.1 Å². The highest BCUT2D eigenvalue weighted by Gasteiger charge is 2.23. The highest BCUT2D eigenvalue weighted by atomic mass is 79.9. The lowest BCUT2D eigenvalue weighted by Gasteiger charge is -2.17. The summed E-state index contributed by atoms with van der Waals surface area (Å²) < 4.78 is 0. The summed E-state index contributed by atoms with van der Waals surface area (Å²) in [6.07, 6.45) is 0.823. The summed E-state index contributed by atoms with van der Waals surface area (Å²) in [6, 6.07) is 15.0. The smallest absolute Gasteiger partial charge is 0.187 e. The van der Waals surface area contributed by atoms with Gasteiger partial charge < -0.3 is 10.4 Å². The van der Waals surface area contributed by atoms with E-state index >= 15 is 0 Å². The molecule has 0 atom stereocenters. The molecule has 0 aliphatic carbocycles. The molecule has 0 aliphatic heterocycles. The van der Waals surface area contributed by atoms with Crippen LogP contribution in [0, 0.1) is 0 Å². The van der Waals surface area contributed by atoms with Gasteiger partial charge in [0.2, 0.25) is 0 Å². The van der Waals surface area contributed by atoms with Gasteiger partial charge in [0, 0.05) is 33.5 Å². The average molecular weight is 454 g/mol. The van der Waals surface area contributed by atoms with Crippen molar-refractivity contribution in [2.24, 2.45) is 0 Å². The van der Waals surface area contributed by atoms with E-state index in [1.807, 2.05) is 24.3 Å². The van der Waals surface area contributed by atoms with Gasteiger partial charge in [-0.25, -0.2) is 4.98 Å². The van der Waals surface area contributed by atoms with Crippen LogP contribution in [0.2, 0.25) is 5.02 Å². The van der Waals surface area contributed by atoms with Crippen LogP contribution in [0.15, 0.2) is 48.5 Å². The molecule has 3 rings (SSSR count). The molecule has 0 saturated heterocycles. The van der Waals surface area contributed by atoms with Crippen LogP contribution in [-0.2, 0) is 11.8 Å². The monoisotopic (exact) mass is 452 g/mol. The Kier molecular flexibility index (Phi) is 6.72. The minimum absolute atomic E-state index is 0. The second-order valence-electron chi connectivity index (χ2n) is 7.02. The van der Waals surface area contributed by atoms with Crippen molar-refractivity contribution in [1.29, 1.82) is 0 Å². The van der Waals surface area contributed by atoms with Crippen molar-refractivity contribution < 1.29 is 5.11 Å². The molecular weight excluding hydrogens is 432 g/mol. The topological polar surface area (TPSA) is 45.2 Å². The summed E-state index contributed by atoms with van der Waals surface area (Å²) >= 11 is 7.63. The Morgan fingerprint density at radius 3 is 2.42 bits per heavy atom. The zero-order chi connectivity index (χ0) is 18.0. The number of hydrogen-bond donors (Lipinski definition) is 2. The molecule has 138 valence electrons. The fourth-order valence-electron chi connectivity index (χ4n) is 2.61. The molecule has 0 amide bonds. The number of hydrogen-bond acceptors (Lipinski definition) is 4. The molecule has 6 heteroatoms. The Balaban J connectivity index is 0.00000243. The second kappa shape index (κ2) is 8.42. The quantitative estimate of drug-likeness (QED) is 0.461. The highest BCUT2D eigenvalue weighted by Crippen LogP contribution is 2.35. The van der Waals surface area contributed by atoms with Gasteiger partial charge in [-0.15, -0.1) is 28.3 Å².